The van der Waals surface area contributed by atoms with Gasteiger partial charge in [0.1, 0.15) is 12.2 Å². The fraction of sp³-hybridized carbons (Fsp3) is 0.800. The Morgan fingerprint density at radius 2 is 1.74 bits per heavy atom. The van der Waals surface area contributed by atoms with Crippen LogP contribution in [0.1, 0.15) is 68.2 Å². The number of Topliss-reactive ketones (excluding diaryl/α,β-unsaturated/α-hetero) is 1. The lowest BCUT2D eigenvalue weighted by Gasteiger charge is -2.68. The van der Waals surface area contributed by atoms with Crippen LogP contribution < -0.4 is 5.32 Å². The van der Waals surface area contributed by atoms with Crippen molar-refractivity contribution in [1.29, 1.82) is 0 Å². The summed E-state index contributed by atoms with van der Waals surface area (Å²) >= 11 is 0. The van der Waals surface area contributed by atoms with E-state index < -0.39 is 94.1 Å². The number of ether oxygens (including phenoxy) is 4. The molecule has 12 nitrogen and oxygen atoms in total. The van der Waals surface area contributed by atoms with Gasteiger partial charge in [-0.2, -0.15) is 0 Å². The van der Waals surface area contributed by atoms with E-state index >= 15 is 0 Å². The van der Waals surface area contributed by atoms with Crippen LogP contribution in [0.4, 0.5) is 0 Å². The molecule has 42 heavy (non-hydrogen) atoms. The first-order valence-corrected chi connectivity index (χ1v) is 14.5. The standard InChI is InChI=1S/C30H45NO11/c1-13-18(41-26(37)22(35)15(3)31-9)11-30(38)14(2)24-28(8,19(34)10-20-29(24,12-39-20)42-17(5)33)25(36)23(40-16(4)32)21(13)27(30,6)7/h14-15,18-20,22-24,31,34-35,38H,10-12H2,1-9H3/t14?,15?,18?,19?,20?,22?,23?,24?,28?,29-,30?/m0/s1. The van der Waals surface area contributed by atoms with Crippen LogP contribution in [-0.2, 0) is 38.1 Å². The molecule has 4 aliphatic rings. The van der Waals surface area contributed by atoms with Crippen molar-refractivity contribution < 1.29 is 53.4 Å². The Hall–Kier alpha value is -2.38. The van der Waals surface area contributed by atoms with Crippen molar-refractivity contribution in [2.45, 2.75) is 116 Å². The molecule has 4 rings (SSSR count). The van der Waals surface area contributed by atoms with Crippen LogP contribution in [0.15, 0.2) is 11.1 Å². The maximum atomic E-state index is 14.8. The summed E-state index contributed by atoms with van der Waals surface area (Å²) in [6.45, 7) is 12.4. The highest BCUT2D eigenvalue weighted by Gasteiger charge is 2.76. The highest BCUT2D eigenvalue weighted by Crippen LogP contribution is 2.65. The van der Waals surface area contributed by atoms with Crippen molar-refractivity contribution in [3.8, 4) is 0 Å². The molecule has 2 saturated carbocycles. The number of esters is 3. The molecule has 2 bridgehead atoms. The Bertz CT molecular complexity index is 1200. The molecular weight excluding hydrogens is 550 g/mol. The monoisotopic (exact) mass is 595 g/mol. The number of carbonyl (C=O) groups is 4. The molecule has 236 valence electrons. The van der Waals surface area contributed by atoms with Gasteiger partial charge in [-0.05, 0) is 44.9 Å². The van der Waals surface area contributed by atoms with E-state index in [1.54, 1.807) is 48.6 Å². The average Bonchev–Trinajstić information content (AvgIpc) is 2.89. The smallest absolute Gasteiger partial charge is 0.337 e. The zero-order valence-corrected chi connectivity index (χ0v) is 25.8. The van der Waals surface area contributed by atoms with Gasteiger partial charge in [0.2, 0.25) is 0 Å². The molecule has 0 aromatic carbocycles. The van der Waals surface area contributed by atoms with E-state index in [1.807, 2.05) is 0 Å². The molecule has 0 spiro atoms. The van der Waals surface area contributed by atoms with Crippen LogP contribution in [0.2, 0.25) is 0 Å². The second kappa shape index (κ2) is 10.7. The number of aliphatic hydroxyl groups excluding tert-OH is 2. The lowest BCUT2D eigenvalue weighted by Crippen LogP contribution is -2.79. The number of nitrogens with one attached hydrogen (secondary N) is 1. The Balaban J connectivity index is 1.98. The molecule has 0 aromatic heterocycles. The Morgan fingerprint density at radius 3 is 2.24 bits per heavy atom. The molecule has 0 aromatic rings. The second-order valence-corrected chi connectivity index (χ2v) is 13.3. The van der Waals surface area contributed by atoms with Crippen LogP contribution in [0, 0.1) is 22.7 Å². The molecule has 1 aliphatic heterocycles. The molecule has 1 heterocycles. The first kappa shape index (κ1) is 32.5. The van der Waals surface area contributed by atoms with Gasteiger partial charge in [-0.1, -0.05) is 20.8 Å². The fourth-order valence-corrected chi connectivity index (χ4v) is 8.32. The number of likely N-dealkylation sites (N-methyl/N-ethyl adjacent to an activating group) is 1. The summed E-state index contributed by atoms with van der Waals surface area (Å²) in [4.78, 5) is 52.7. The Labute approximate surface area is 246 Å². The quantitative estimate of drug-likeness (QED) is 0.191. The third-order valence-electron chi connectivity index (χ3n) is 10.8. The van der Waals surface area contributed by atoms with E-state index in [-0.39, 0.29) is 25.0 Å². The van der Waals surface area contributed by atoms with Crippen LogP contribution in [-0.4, -0.2) is 100 Å². The molecule has 0 amide bonds. The highest BCUT2D eigenvalue weighted by atomic mass is 16.6. The van der Waals surface area contributed by atoms with Gasteiger partial charge in [-0.25, -0.2) is 4.79 Å². The molecule has 4 N–H and O–H groups in total. The van der Waals surface area contributed by atoms with Crippen LogP contribution >= 0.6 is 0 Å². The summed E-state index contributed by atoms with van der Waals surface area (Å²) in [5, 5.41) is 37.7. The number of fused-ring (bicyclic) bond motifs is 5. The number of rotatable bonds is 6. The van der Waals surface area contributed by atoms with E-state index in [4.69, 9.17) is 18.9 Å². The van der Waals surface area contributed by atoms with Crippen LogP contribution in [0.5, 0.6) is 0 Å². The van der Waals surface area contributed by atoms with Crippen molar-refractivity contribution >= 4 is 23.7 Å². The molecule has 3 fully saturated rings. The predicted octanol–water partition coefficient (Wildman–Crippen LogP) is 0.583. The topological polar surface area (TPSA) is 178 Å². The van der Waals surface area contributed by atoms with Crippen molar-refractivity contribution in [2.75, 3.05) is 13.7 Å². The van der Waals surface area contributed by atoms with Gasteiger partial charge in [-0.3, -0.25) is 14.4 Å². The summed E-state index contributed by atoms with van der Waals surface area (Å²) < 4.78 is 23.2. The maximum absolute atomic E-state index is 14.8. The Kier molecular flexibility index (Phi) is 8.25. The lowest BCUT2D eigenvalue weighted by atomic mass is 9.42. The van der Waals surface area contributed by atoms with Crippen LogP contribution in [0.25, 0.3) is 0 Å². The van der Waals surface area contributed by atoms with Gasteiger partial charge >= 0.3 is 17.9 Å². The maximum Gasteiger partial charge on any atom is 0.337 e. The number of carbonyl (C=O) groups excluding carboxylic acids is 4. The highest BCUT2D eigenvalue weighted by molar-refractivity contribution is 5.95. The zero-order chi connectivity index (χ0) is 31.7. The SMILES string of the molecule is CNC(C)C(O)C(=O)OC1CC2(O)C(C)C3C(C)(C(=O)C(OC(C)=O)C(=C1C)C2(C)C)C(O)CC1OC[C@]13OC(C)=O. The van der Waals surface area contributed by atoms with E-state index in [0.29, 0.717) is 5.57 Å². The van der Waals surface area contributed by atoms with Crippen molar-refractivity contribution in [3.05, 3.63) is 11.1 Å². The second-order valence-electron chi connectivity index (χ2n) is 13.3. The van der Waals surface area contributed by atoms with Gasteiger partial charge in [0.15, 0.2) is 23.6 Å². The third-order valence-corrected chi connectivity index (χ3v) is 10.8. The van der Waals surface area contributed by atoms with Gasteiger partial charge < -0.3 is 39.6 Å². The van der Waals surface area contributed by atoms with Gasteiger partial charge in [0.25, 0.3) is 0 Å². The van der Waals surface area contributed by atoms with Crippen molar-refractivity contribution in [3.63, 3.8) is 0 Å². The number of hydrogen-bond acceptors (Lipinski definition) is 12. The number of ketones is 1. The molecule has 3 aliphatic carbocycles. The van der Waals surface area contributed by atoms with Gasteiger partial charge in [0, 0.05) is 44.1 Å². The summed E-state index contributed by atoms with van der Waals surface area (Å²) in [5.74, 6) is -4.72. The fourth-order valence-electron chi connectivity index (χ4n) is 8.32. The van der Waals surface area contributed by atoms with Gasteiger partial charge in [-0.15, -0.1) is 0 Å². The molecule has 0 radical (unpaired) electrons. The molecule has 11 atom stereocenters. The minimum Gasteiger partial charge on any atom is -0.456 e. The molecule has 1 saturated heterocycles. The lowest BCUT2D eigenvalue weighted by molar-refractivity contribution is -0.338. The van der Waals surface area contributed by atoms with Crippen molar-refractivity contribution in [1.82, 2.24) is 5.32 Å². The van der Waals surface area contributed by atoms with Crippen molar-refractivity contribution in [2.24, 2.45) is 22.7 Å². The van der Waals surface area contributed by atoms with Gasteiger partial charge in [0.05, 0.1) is 23.7 Å². The number of hydrogen-bond donors (Lipinski definition) is 4. The molecular formula is C30H45NO11. The largest absolute Gasteiger partial charge is 0.456 e. The summed E-state index contributed by atoms with van der Waals surface area (Å²) in [7, 11) is 1.58. The minimum absolute atomic E-state index is 0.00679. The van der Waals surface area contributed by atoms with E-state index in [0.717, 1.165) is 6.92 Å². The first-order chi connectivity index (χ1) is 19.3. The summed E-state index contributed by atoms with van der Waals surface area (Å²) in [6, 6.07) is -0.628. The summed E-state index contributed by atoms with van der Waals surface area (Å²) in [5.41, 5.74) is -5.29. The Morgan fingerprint density at radius 1 is 1.12 bits per heavy atom. The van der Waals surface area contributed by atoms with E-state index in [1.165, 1.54) is 6.92 Å². The van der Waals surface area contributed by atoms with E-state index in [2.05, 4.69) is 5.32 Å². The summed E-state index contributed by atoms with van der Waals surface area (Å²) in [6.07, 6.45) is -6.29. The zero-order valence-electron chi connectivity index (χ0n) is 25.8. The normalized spacial score (nSPS) is 42.0. The average molecular weight is 596 g/mol. The molecule has 10 unspecified atom stereocenters. The van der Waals surface area contributed by atoms with Crippen LogP contribution in [0.3, 0.4) is 0 Å². The van der Waals surface area contributed by atoms with E-state index in [9.17, 15) is 34.5 Å². The minimum atomic E-state index is -1.75. The first-order valence-electron chi connectivity index (χ1n) is 14.5. The predicted molar refractivity (Wildman–Crippen MR) is 147 cm³/mol. The molecule has 12 heteroatoms. The third kappa shape index (κ3) is 4.44. The number of aliphatic hydroxyl groups is 3.